The lowest BCUT2D eigenvalue weighted by atomic mass is 10.1. The van der Waals surface area contributed by atoms with E-state index in [9.17, 15) is 14.4 Å². The first kappa shape index (κ1) is 21.7. The van der Waals surface area contributed by atoms with E-state index in [2.05, 4.69) is 10.6 Å². The Balaban J connectivity index is 1.75. The summed E-state index contributed by atoms with van der Waals surface area (Å²) in [5.74, 6) is -1.51. The maximum atomic E-state index is 12.0. The van der Waals surface area contributed by atoms with Crippen LogP contribution in [0.1, 0.15) is 24.0 Å². The Morgan fingerprint density at radius 2 is 1.54 bits per heavy atom. The molecule has 8 heteroatoms. The van der Waals surface area contributed by atoms with Crippen LogP contribution < -0.4 is 10.6 Å². The molecule has 2 aromatic rings. The number of para-hydroxylation sites is 1. The summed E-state index contributed by atoms with van der Waals surface area (Å²) in [7, 11) is 0. The molecule has 2 rings (SSSR count). The van der Waals surface area contributed by atoms with E-state index in [1.807, 2.05) is 32.0 Å². The standard InChI is InChI=1S/C20H20Cl2N2O4/c1-12-5-3-6-13(2)20(12)24-16(25)9-10-18(27)28-11-17(26)23-15-8-4-7-14(21)19(15)22/h3-8H,9-11H2,1-2H3,(H,23,26)(H,24,25). The number of hydrogen-bond acceptors (Lipinski definition) is 4. The lowest BCUT2D eigenvalue weighted by Crippen LogP contribution is -2.22. The molecule has 0 atom stereocenters. The predicted molar refractivity (Wildman–Crippen MR) is 110 cm³/mol. The minimum atomic E-state index is -0.649. The molecule has 0 aliphatic rings. The maximum absolute atomic E-state index is 12.0. The zero-order valence-corrected chi connectivity index (χ0v) is 17.0. The number of nitrogens with one attached hydrogen (secondary N) is 2. The number of aryl methyl sites for hydroxylation is 2. The van der Waals surface area contributed by atoms with Gasteiger partial charge < -0.3 is 15.4 Å². The summed E-state index contributed by atoms with van der Waals surface area (Å²) in [4.78, 5) is 35.7. The molecule has 0 saturated heterocycles. The van der Waals surface area contributed by atoms with Crippen molar-refractivity contribution in [2.24, 2.45) is 0 Å². The Morgan fingerprint density at radius 1 is 0.893 bits per heavy atom. The molecule has 0 aliphatic carbocycles. The highest BCUT2D eigenvalue weighted by Crippen LogP contribution is 2.29. The predicted octanol–water partition coefficient (Wildman–Crippen LogP) is 4.51. The van der Waals surface area contributed by atoms with Crippen LogP contribution in [0.15, 0.2) is 36.4 Å². The fourth-order valence-electron chi connectivity index (χ4n) is 2.43. The maximum Gasteiger partial charge on any atom is 0.306 e. The molecule has 0 saturated carbocycles. The SMILES string of the molecule is Cc1cccc(C)c1NC(=O)CCC(=O)OCC(=O)Nc1cccc(Cl)c1Cl. The van der Waals surface area contributed by atoms with Gasteiger partial charge in [-0.1, -0.05) is 47.5 Å². The van der Waals surface area contributed by atoms with E-state index in [0.717, 1.165) is 16.8 Å². The number of carbonyl (C=O) groups excluding carboxylic acids is 3. The number of hydrogen-bond donors (Lipinski definition) is 2. The largest absolute Gasteiger partial charge is 0.456 e. The van der Waals surface area contributed by atoms with E-state index in [4.69, 9.17) is 27.9 Å². The van der Waals surface area contributed by atoms with Crippen LogP contribution in [0.4, 0.5) is 11.4 Å². The molecule has 2 aromatic carbocycles. The molecule has 0 heterocycles. The summed E-state index contributed by atoms with van der Waals surface area (Å²) in [6, 6.07) is 10.5. The van der Waals surface area contributed by atoms with E-state index >= 15 is 0 Å². The average Bonchev–Trinajstić information content (AvgIpc) is 2.65. The smallest absolute Gasteiger partial charge is 0.306 e. The summed E-state index contributed by atoms with van der Waals surface area (Å²) in [6.07, 6.45) is -0.184. The van der Waals surface area contributed by atoms with Crippen molar-refractivity contribution in [3.63, 3.8) is 0 Å². The number of ether oxygens (including phenoxy) is 1. The average molecular weight is 423 g/mol. The highest BCUT2D eigenvalue weighted by atomic mass is 35.5. The van der Waals surface area contributed by atoms with Crippen molar-refractivity contribution in [1.29, 1.82) is 0 Å². The normalized spacial score (nSPS) is 10.3. The van der Waals surface area contributed by atoms with Crippen molar-refractivity contribution in [3.8, 4) is 0 Å². The summed E-state index contributed by atoms with van der Waals surface area (Å²) < 4.78 is 4.89. The number of carbonyl (C=O) groups is 3. The van der Waals surface area contributed by atoms with Crippen molar-refractivity contribution < 1.29 is 19.1 Å². The minimum absolute atomic E-state index is 0.0473. The molecular weight excluding hydrogens is 403 g/mol. The Labute approximate surface area is 173 Å². The number of amides is 2. The second-order valence-electron chi connectivity index (χ2n) is 6.13. The molecule has 28 heavy (non-hydrogen) atoms. The second kappa shape index (κ2) is 10.1. The van der Waals surface area contributed by atoms with Gasteiger partial charge in [0.25, 0.3) is 5.91 Å². The highest BCUT2D eigenvalue weighted by Gasteiger charge is 2.13. The van der Waals surface area contributed by atoms with Gasteiger partial charge in [-0.25, -0.2) is 0 Å². The number of esters is 1. The van der Waals surface area contributed by atoms with Gasteiger partial charge >= 0.3 is 5.97 Å². The van der Waals surface area contributed by atoms with Gasteiger partial charge in [0.15, 0.2) is 6.61 Å². The Morgan fingerprint density at radius 3 is 2.21 bits per heavy atom. The van der Waals surface area contributed by atoms with Crippen LogP contribution in [0.2, 0.25) is 10.0 Å². The minimum Gasteiger partial charge on any atom is -0.456 e. The van der Waals surface area contributed by atoms with Crippen LogP contribution in [-0.2, 0) is 19.1 Å². The van der Waals surface area contributed by atoms with E-state index < -0.39 is 18.5 Å². The molecule has 6 nitrogen and oxygen atoms in total. The number of halogens is 2. The van der Waals surface area contributed by atoms with Crippen LogP contribution in [0, 0.1) is 13.8 Å². The molecule has 0 spiro atoms. The van der Waals surface area contributed by atoms with E-state index in [1.54, 1.807) is 18.2 Å². The first-order chi connectivity index (χ1) is 13.3. The Hall–Kier alpha value is -2.57. The molecule has 0 unspecified atom stereocenters. The van der Waals surface area contributed by atoms with Gasteiger partial charge in [0.05, 0.1) is 22.2 Å². The molecule has 0 aliphatic heterocycles. The van der Waals surface area contributed by atoms with Crippen LogP contribution in [0.25, 0.3) is 0 Å². The van der Waals surface area contributed by atoms with Gasteiger partial charge in [0, 0.05) is 12.1 Å². The molecule has 0 radical (unpaired) electrons. The summed E-state index contributed by atoms with van der Waals surface area (Å²) >= 11 is 11.8. The highest BCUT2D eigenvalue weighted by molar-refractivity contribution is 6.44. The van der Waals surface area contributed by atoms with Gasteiger partial charge in [-0.15, -0.1) is 0 Å². The van der Waals surface area contributed by atoms with Crippen molar-refractivity contribution in [2.75, 3.05) is 17.2 Å². The zero-order chi connectivity index (χ0) is 20.7. The summed E-state index contributed by atoms with van der Waals surface area (Å²) in [6.45, 7) is 3.30. The van der Waals surface area contributed by atoms with Crippen molar-refractivity contribution in [1.82, 2.24) is 0 Å². The lowest BCUT2D eigenvalue weighted by Gasteiger charge is -2.11. The van der Waals surface area contributed by atoms with Gasteiger partial charge in [0.2, 0.25) is 5.91 Å². The molecule has 2 amide bonds. The first-order valence-corrected chi connectivity index (χ1v) is 9.29. The summed E-state index contributed by atoms with van der Waals surface area (Å²) in [5.41, 5.74) is 2.93. The quantitative estimate of drug-likeness (QED) is 0.642. The van der Waals surface area contributed by atoms with Crippen LogP contribution in [0.5, 0.6) is 0 Å². The number of anilines is 2. The fourth-order valence-corrected chi connectivity index (χ4v) is 2.78. The van der Waals surface area contributed by atoms with E-state index in [0.29, 0.717) is 10.7 Å². The Bertz CT molecular complexity index is 880. The molecule has 0 bridgehead atoms. The molecule has 0 aromatic heterocycles. The van der Waals surface area contributed by atoms with E-state index in [-0.39, 0.29) is 23.8 Å². The number of rotatable bonds is 7. The van der Waals surface area contributed by atoms with Crippen LogP contribution >= 0.6 is 23.2 Å². The van der Waals surface area contributed by atoms with Crippen molar-refractivity contribution >= 4 is 52.4 Å². The van der Waals surface area contributed by atoms with Gasteiger partial charge in [-0.05, 0) is 37.1 Å². The Kier molecular flexibility index (Phi) is 7.84. The van der Waals surface area contributed by atoms with E-state index in [1.165, 1.54) is 0 Å². The topological polar surface area (TPSA) is 84.5 Å². The molecule has 148 valence electrons. The molecular formula is C20H20Cl2N2O4. The monoisotopic (exact) mass is 422 g/mol. The summed E-state index contributed by atoms with van der Waals surface area (Å²) in [5, 5.41) is 5.79. The van der Waals surface area contributed by atoms with Gasteiger partial charge in [-0.2, -0.15) is 0 Å². The van der Waals surface area contributed by atoms with Gasteiger partial charge in [-0.3, -0.25) is 14.4 Å². The van der Waals surface area contributed by atoms with Crippen molar-refractivity contribution in [3.05, 3.63) is 57.6 Å². The fraction of sp³-hybridized carbons (Fsp3) is 0.250. The van der Waals surface area contributed by atoms with Crippen LogP contribution in [0.3, 0.4) is 0 Å². The van der Waals surface area contributed by atoms with Crippen LogP contribution in [-0.4, -0.2) is 24.4 Å². The first-order valence-electron chi connectivity index (χ1n) is 8.53. The zero-order valence-electron chi connectivity index (χ0n) is 15.5. The molecule has 0 fully saturated rings. The lowest BCUT2D eigenvalue weighted by molar-refractivity contribution is -0.147. The molecule has 2 N–H and O–H groups in total. The third-order valence-corrected chi connectivity index (χ3v) is 4.71. The third kappa shape index (κ3) is 6.25. The number of benzene rings is 2. The van der Waals surface area contributed by atoms with Crippen molar-refractivity contribution in [2.45, 2.75) is 26.7 Å². The van der Waals surface area contributed by atoms with Gasteiger partial charge in [0.1, 0.15) is 0 Å². The second-order valence-corrected chi connectivity index (χ2v) is 6.91. The third-order valence-electron chi connectivity index (χ3n) is 3.89.